The van der Waals surface area contributed by atoms with Crippen LogP contribution in [0.5, 0.6) is 0 Å². The van der Waals surface area contributed by atoms with Gasteiger partial charge in [0.15, 0.2) is 5.70 Å². The number of hydrogen-bond acceptors (Lipinski definition) is 5. The molecule has 1 aromatic rings. The van der Waals surface area contributed by atoms with E-state index in [-0.39, 0.29) is 23.1 Å². The van der Waals surface area contributed by atoms with Crippen LogP contribution in [0.15, 0.2) is 35.7 Å². The third kappa shape index (κ3) is 3.14. The first-order valence-electron chi connectivity index (χ1n) is 8.33. The first-order valence-corrected chi connectivity index (χ1v) is 8.33. The second-order valence-corrected chi connectivity index (χ2v) is 5.97. The number of rotatable bonds is 6. The molecule has 2 aliphatic rings. The van der Waals surface area contributed by atoms with Gasteiger partial charge in [-0.05, 0) is 51.0 Å². The molecule has 0 bridgehead atoms. The molecule has 1 aliphatic heterocycles. The molecule has 0 spiro atoms. The SMILES string of the molecule is CCN(CC)C1=C(OC(=O)C2CC2)C(=O)N(c2ccc(F)cc2)C1=O. The van der Waals surface area contributed by atoms with Crippen molar-refractivity contribution >= 4 is 23.5 Å². The van der Waals surface area contributed by atoms with Crippen LogP contribution >= 0.6 is 0 Å². The molecular formula is C18H19FN2O4. The molecule has 25 heavy (non-hydrogen) atoms. The average molecular weight is 346 g/mol. The van der Waals surface area contributed by atoms with Gasteiger partial charge < -0.3 is 9.64 Å². The second kappa shape index (κ2) is 6.66. The van der Waals surface area contributed by atoms with Gasteiger partial charge in [0.25, 0.3) is 5.91 Å². The van der Waals surface area contributed by atoms with Gasteiger partial charge in [-0.1, -0.05) is 0 Å². The monoisotopic (exact) mass is 346 g/mol. The van der Waals surface area contributed by atoms with Crippen LogP contribution in [0.25, 0.3) is 0 Å². The molecule has 1 heterocycles. The Kier molecular flexibility index (Phi) is 4.57. The van der Waals surface area contributed by atoms with Gasteiger partial charge >= 0.3 is 11.9 Å². The molecule has 0 N–H and O–H groups in total. The van der Waals surface area contributed by atoms with E-state index in [0.29, 0.717) is 13.1 Å². The van der Waals surface area contributed by atoms with Crippen molar-refractivity contribution in [2.45, 2.75) is 26.7 Å². The topological polar surface area (TPSA) is 66.9 Å². The Morgan fingerprint density at radius 3 is 2.28 bits per heavy atom. The van der Waals surface area contributed by atoms with E-state index in [4.69, 9.17) is 4.74 Å². The number of carbonyl (C=O) groups is 3. The largest absolute Gasteiger partial charge is 0.418 e. The quantitative estimate of drug-likeness (QED) is 0.584. The molecular weight excluding hydrogens is 327 g/mol. The lowest BCUT2D eigenvalue weighted by Crippen LogP contribution is -2.35. The van der Waals surface area contributed by atoms with Gasteiger partial charge in [-0.2, -0.15) is 0 Å². The average Bonchev–Trinajstić information content (AvgIpc) is 3.41. The molecule has 0 saturated heterocycles. The Morgan fingerprint density at radius 1 is 1.16 bits per heavy atom. The van der Waals surface area contributed by atoms with Crippen molar-refractivity contribution in [3.8, 4) is 0 Å². The summed E-state index contributed by atoms with van der Waals surface area (Å²) >= 11 is 0. The molecule has 6 nitrogen and oxygen atoms in total. The molecule has 3 rings (SSSR count). The highest BCUT2D eigenvalue weighted by Gasteiger charge is 2.45. The van der Waals surface area contributed by atoms with Gasteiger partial charge in [-0.25, -0.2) is 9.29 Å². The molecule has 1 saturated carbocycles. The lowest BCUT2D eigenvalue weighted by Gasteiger charge is -2.22. The smallest absolute Gasteiger partial charge is 0.314 e. The zero-order valence-electron chi connectivity index (χ0n) is 14.1. The summed E-state index contributed by atoms with van der Waals surface area (Å²) in [4.78, 5) is 40.3. The Balaban J connectivity index is 1.98. The molecule has 1 aromatic carbocycles. The zero-order valence-corrected chi connectivity index (χ0v) is 14.1. The molecule has 0 radical (unpaired) electrons. The lowest BCUT2D eigenvalue weighted by atomic mass is 10.3. The summed E-state index contributed by atoms with van der Waals surface area (Å²) in [6.45, 7) is 4.64. The Bertz CT molecular complexity index is 749. The predicted octanol–water partition coefficient (Wildman–Crippen LogP) is 2.21. The molecule has 0 unspecified atom stereocenters. The maximum absolute atomic E-state index is 13.2. The highest BCUT2D eigenvalue weighted by atomic mass is 19.1. The molecule has 1 aliphatic carbocycles. The maximum Gasteiger partial charge on any atom is 0.314 e. The van der Waals surface area contributed by atoms with Crippen LogP contribution in [-0.4, -0.2) is 35.8 Å². The van der Waals surface area contributed by atoms with Crippen LogP contribution in [0.3, 0.4) is 0 Å². The number of carbonyl (C=O) groups excluding carboxylic acids is 3. The fourth-order valence-corrected chi connectivity index (χ4v) is 2.74. The first kappa shape index (κ1) is 17.1. The number of likely N-dealkylation sites (N-methyl/N-ethyl adjacent to an activating group) is 1. The number of amides is 2. The minimum absolute atomic E-state index is 0.0772. The van der Waals surface area contributed by atoms with Crippen molar-refractivity contribution in [1.82, 2.24) is 4.90 Å². The minimum atomic E-state index is -0.701. The van der Waals surface area contributed by atoms with Gasteiger partial charge in [0.2, 0.25) is 5.76 Å². The van der Waals surface area contributed by atoms with Crippen LogP contribution in [-0.2, 0) is 19.1 Å². The van der Waals surface area contributed by atoms with E-state index in [1.165, 1.54) is 24.3 Å². The third-order valence-corrected chi connectivity index (χ3v) is 4.30. The van der Waals surface area contributed by atoms with Gasteiger partial charge in [-0.15, -0.1) is 0 Å². The Hall–Kier alpha value is -2.70. The van der Waals surface area contributed by atoms with E-state index < -0.39 is 23.6 Å². The van der Waals surface area contributed by atoms with Crippen LogP contribution in [0.1, 0.15) is 26.7 Å². The normalized spacial score (nSPS) is 17.3. The number of anilines is 1. The summed E-state index contributed by atoms with van der Waals surface area (Å²) in [7, 11) is 0. The van der Waals surface area contributed by atoms with E-state index in [1.54, 1.807) is 4.90 Å². The van der Waals surface area contributed by atoms with E-state index in [1.807, 2.05) is 13.8 Å². The number of benzene rings is 1. The summed E-state index contributed by atoms with van der Waals surface area (Å²) in [5, 5.41) is 0. The fourth-order valence-electron chi connectivity index (χ4n) is 2.74. The van der Waals surface area contributed by atoms with Crippen LogP contribution < -0.4 is 4.90 Å². The van der Waals surface area contributed by atoms with Crippen molar-refractivity contribution in [2.75, 3.05) is 18.0 Å². The van der Waals surface area contributed by atoms with Crippen molar-refractivity contribution in [3.63, 3.8) is 0 Å². The van der Waals surface area contributed by atoms with Crippen molar-refractivity contribution in [3.05, 3.63) is 41.5 Å². The van der Waals surface area contributed by atoms with E-state index in [2.05, 4.69) is 0 Å². The van der Waals surface area contributed by atoms with E-state index >= 15 is 0 Å². The van der Waals surface area contributed by atoms with Gasteiger partial charge in [0, 0.05) is 13.1 Å². The summed E-state index contributed by atoms with van der Waals surface area (Å²) in [5.74, 6) is -2.67. The molecule has 132 valence electrons. The summed E-state index contributed by atoms with van der Waals surface area (Å²) in [6, 6.07) is 5.02. The van der Waals surface area contributed by atoms with Crippen molar-refractivity contribution < 1.29 is 23.5 Å². The zero-order chi connectivity index (χ0) is 18.1. The minimum Gasteiger partial charge on any atom is -0.418 e. The highest BCUT2D eigenvalue weighted by molar-refractivity contribution is 6.32. The van der Waals surface area contributed by atoms with Crippen molar-refractivity contribution in [2.24, 2.45) is 5.92 Å². The first-order chi connectivity index (χ1) is 12.0. The molecule has 2 amide bonds. The fraction of sp³-hybridized carbons (Fsp3) is 0.389. The third-order valence-electron chi connectivity index (χ3n) is 4.30. The summed E-state index contributed by atoms with van der Waals surface area (Å²) < 4.78 is 18.5. The molecule has 0 atom stereocenters. The van der Waals surface area contributed by atoms with Gasteiger partial charge in [-0.3, -0.25) is 14.4 Å². The van der Waals surface area contributed by atoms with Gasteiger partial charge in [0.05, 0.1) is 11.6 Å². The van der Waals surface area contributed by atoms with Gasteiger partial charge in [0.1, 0.15) is 5.82 Å². The standard InChI is InChI=1S/C18H19FN2O4/c1-3-20(4-2)14-15(25-18(24)11-5-6-11)17(23)21(16(14)22)13-9-7-12(19)8-10-13/h7-11H,3-6H2,1-2H3. The number of imide groups is 1. The van der Waals surface area contributed by atoms with Crippen LogP contribution in [0, 0.1) is 11.7 Å². The van der Waals surface area contributed by atoms with E-state index in [0.717, 1.165) is 17.7 Å². The molecule has 1 fully saturated rings. The number of esters is 1. The van der Waals surface area contributed by atoms with Crippen LogP contribution in [0.2, 0.25) is 0 Å². The number of halogens is 1. The summed E-state index contributed by atoms with van der Waals surface area (Å²) in [6.07, 6.45) is 1.47. The Morgan fingerprint density at radius 2 is 1.76 bits per heavy atom. The van der Waals surface area contributed by atoms with Crippen molar-refractivity contribution in [1.29, 1.82) is 0 Å². The number of hydrogen-bond donors (Lipinski definition) is 0. The lowest BCUT2D eigenvalue weighted by molar-refractivity contribution is -0.143. The molecule has 7 heteroatoms. The Labute approximate surface area is 144 Å². The summed E-state index contributed by atoms with van der Waals surface area (Å²) in [5.41, 5.74) is 0.312. The highest BCUT2D eigenvalue weighted by Crippen LogP contribution is 2.34. The predicted molar refractivity (Wildman–Crippen MR) is 87.7 cm³/mol. The van der Waals surface area contributed by atoms with Crippen LogP contribution in [0.4, 0.5) is 10.1 Å². The number of nitrogens with zero attached hydrogens (tertiary/aromatic N) is 2. The molecule has 0 aromatic heterocycles. The number of ether oxygens (including phenoxy) is 1. The maximum atomic E-state index is 13.2. The second-order valence-electron chi connectivity index (χ2n) is 5.97. The van der Waals surface area contributed by atoms with E-state index in [9.17, 15) is 18.8 Å².